The molecule has 0 saturated heterocycles. The van der Waals surface area contributed by atoms with Crippen LogP contribution in [0.4, 0.5) is 5.69 Å². The lowest BCUT2D eigenvalue weighted by Gasteiger charge is -2.15. The number of halogens is 1. The zero-order valence-electron chi connectivity index (χ0n) is 16.9. The number of hydrogen-bond acceptors (Lipinski definition) is 3. The van der Waals surface area contributed by atoms with Gasteiger partial charge in [-0.3, -0.25) is 9.52 Å². The lowest BCUT2D eigenvalue weighted by atomic mass is 10.1. The Morgan fingerprint density at radius 1 is 0.933 bits per heavy atom. The summed E-state index contributed by atoms with van der Waals surface area (Å²) in [7, 11) is -3.97. The SMILES string of the molecule is Cc1ccc(NS(=O)(=O)c2cc(C(=O)N[C@H](C)c3ccccc3)ccc2Cl)cc1C. The number of sulfonamides is 1. The topological polar surface area (TPSA) is 75.3 Å². The van der Waals surface area contributed by atoms with Crippen molar-refractivity contribution in [1.82, 2.24) is 5.32 Å². The van der Waals surface area contributed by atoms with Gasteiger partial charge in [0.1, 0.15) is 4.90 Å². The van der Waals surface area contributed by atoms with Crippen molar-refractivity contribution in [3.05, 3.63) is 94.0 Å². The van der Waals surface area contributed by atoms with Crippen LogP contribution in [-0.2, 0) is 10.0 Å². The molecule has 0 aliphatic heterocycles. The zero-order valence-corrected chi connectivity index (χ0v) is 18.5. The predicted molar refractivity (Wildman–Crippen MR) is 120 cm³/mol. The Bertz CT molecular complexity index is 1180. The molecule has 1 atom stereocenters. The van der Waals surface area contributed by atoms with Crippen molar-refractivity contribution in [3.8, 4) is 0 Å². The second kappa shape index (κ2) is 8.90. The fraction of sp³-hybridized carbons (Fsp3) is 0.174. The molecule has 0 fully saturated rings. The largest absolute Gasteiger partial charge is 0.346 e. The van der Waals surface area contributed by atoms with Gasteiger partial charge in [0.05, 0.1) is 11.1 Å². The van der Waals surface area contributed by atoms with Crippen molar-refractivity contribution < 1.29 is 13.2 Å². The number of rotatable bonds is 6. The average molecular weight is 443 g/mol. The van der Waals surface area contributed by atoms with Gasteiger partial charge in [0, 0.05) is 11.3 Å². The molecular weight excluding hydrogens is 420 g/mol. The van der Waals surface area contributed by atoms with E-state index < -0.39 is 10.0 Å². The van der Waals surface area contributed by atoms with Crippen LogP contribution in [0.15, 0.2) is 71.6 Å². The summed E-state index contributed by atoms with van der Waals surface area (Å²) in [6.45, 7) is 5.71. The van der Waals surface area contributed by atoms with E-state index in [-0.39, 0.29) is 27.4 Å². The van der Waals surface area contributed by atoms with Gasteiger partial charge in [0.15, 0.2) is 0 Å². The summed E-state index contributed by atoms with van der Waals surface area (Å²) in [4.78, 5) is 12.5. The summed E-state index contributed by atoms with van der Waals surface area (Å²) in [6, 6.07) is 18.8. The number of aryl methyl sites for hydroxylation is 2. The Labute approximate surface area is 182 Å². The summed E-state index contributed by atoms with van der Waals surface area (Å²) in [5.74, 6) is -0.384. The van der Waals surface area contributed by atoms with Crippen LogP contribution in [0.5, 0.6) is 0 Å². The highest BCUT2D eigenvalue weighted by Crippen LogP contribution is 2.26. The number of amides is 1. The van der Waals surface area contributed by atoms with Crippen LogP contribution in [0.1, 0.15) is 40.0 Å². The second-order valence-electron chi connectivity index (χ2n) is 7.16. The molecule has 0 aliphatic carbocycles. The predicted octanol–water partition coefficient (Wildman–Crippen LogP) is 5.25. The molecule has 2 N–H and O–H groups in total. The highest BCUT2D eigenvalue weighted by atomic mass is 35.5. The molecule has 0 bridgehead atoms. The van der Waals surface area contributed by atoms with E-state index in [1.165, 1.54) is 18.2 Å². The normalized spacial score (nSPS) is 12.3. The lowest BCUT2D eigenvalue weighted by molar-refractivity contribution is 0.0939. The molecule has 3 aromatic rings. The number of carbonyl (C=O) groups is 1. The fourth-order valence-corrected chi connectivity index (χ4v) is 4.55. The van der Waals surface area contributed by atoms with Crippen LogP contribution in [0, 0.1) is 13.8 Å². The van der Waals surface area contributed by atoms with E-state index in [1.54, 1.807) is 12.1 Å². The molecule has 0 aliphatic rings. The molecule has 0 spiro atoms. The van der Waals surface area contributed by atoms with Gasteiger partial charge in [-0.2, -0.15) is 0 Å². The lowest BCUT2D eigenvalue weighted by Crippen LogP contribution is -2.27. The third-order valence-electron chi connectivity index (χ3n) is 4.89. The smallest absolute Gasteiger partial charge is 0.263 e. The van der Waals surface area contributed by atoms with Gasteiger partial charge in [-0.1, -0.05) is 48.0 Å². The standard InChI is InChI=1S/C23H23ClN2O3S/c1-15-9-11-20(13-16(15)2)26-30(28,29)22-14-19(10-12-21(22)24)23(27)25-17(3)18-7-5-4-6-8-18/h4-14,17,26H,1-3H3,(H,25,27)/t17-/m1/s1. The van der Waals surface area contributed by atoms with E-state index in [1.807, 2.05) is 57.2 Å². The van der Waals surface area contributed by atoms with Crippen LogP contribution < -0.4 is 10.0 Å². The molecule has 5 nitrogen and oxygen atoms in total. The summed E-state index contributed by atoms with van der Waals surface area (Å²) < 4.78 is 28.4. The Morgan fingerprint density at radius 2 is 1.63 bits per heavy atom. The third-order valence-corrected chi connectivity index (χ3v) is 6.75. The van der Waals surface area contributed by atoms with Crippen molar-refractivity contribution >= 4 is 33.2 Å². The minimum absolute atomic E-state index is 0.0407. The molecule has 0 aromatic heterocycles. The zero-order chi connectivity index (χ0) is 21.9. The van der Waals surface area contributed by atoms with Crippen LogP contribution >= 0.6 is 11.6 Å². The summed E-state index contributed by atoms with van der Waals surface area (Å²) in [6.07, 6.45) is 0. The monoisotopic (exact) mass is 442 g/mol. The van der Waals surface area contributed by atoms with Gasteiger partial charge < -0.3 is 5.32 Å². The average Bonchev–Trinajstić information content (AvgIpc) is 2.71. The van der Waals surface area contributed by atoms with E-state index in [0.717, 1.165) is 16.7 Å². The Morgan fingerprint density at radius 3 is 2.30 bits per heavy atom. The van der Waals surface area contributed by atoms with E-state index in [0.29, 0.717) is 5.69 Å². The van der Waals surface area contributed by atoms with Gasteiger partial charge in [0.25, 0.3) is 15.9 Å². The molecule has 3 aromatic carbocycles. The van der Waals surface area contributed by atoms with Crippen molar-refractivity contribution in [2.75, 3.05) is 4.72 Å². The number of anilines is 1. The molecule has 0 heterocycles. The van der Waals surface area contributed by atoms with Gasteiger partial charge in [-0.15, -0.1) is 0 Å². The Hall–Kier alpha value is -2.83. The Kier molecular flexibility index (Phi) is 6.48. The fourth-order valence-electron chi connectivity index (χ4n) is 2.97. The van der Waals surface area contributed by atoms with Gasteiger partial charge in [-0.25, -0.2) is 8.42 Å². The number of nitrogens with one attached hydrogen (secondary N) is 2. The highest BCUT2D eigenvalue weighted by Gasteiger charge is 2.21. The maximum atomic E-state index is 12.9. The minimum atomic E-state index is -3.97. The first-order valence-electron chi connectivity index (χ1n) is 9.43. The van der Waals surface area contributed by atoms with Gasteiger partial charge >= 0.3 is 0 Å². The molecule has 3 rings (SSSR count). The first-order valence-corrected chi connectivity index (χ1v) is 11.3. The number of carbonyl (C=O) groups excluding carboxylic acids is 1. The third kappa shape index (κ3) is 5.01. The van der Waals surface area contributed by atoms with Gasteiger partial charge in [-0.05, 0) is 67.8 Å². The number of hydrogen-bond donors (Lipinski definition) is 2. The molecule has 156 valence electrons. The van der Waals surface area contributed by atoms with Crippen molar-refractivity contribution in [1.29, 1.82) is 0 Å². The van der Waals surface area contributed by atoms with E-state index in [2.05, 4.69) is 10.0 Å². The number of benzene rings is 3. The van der Waals surface area contributed by atoms with Crippen molar-refractivity contribution in [2.24, 2.45) is 0 Å². The van der Waals surface area contributed by atoms with E-state index in [4.69, 9.17) is 11.6 Å². The van der Waals surface area contributed by atoms with Crippen LogP contribution in [-0.4, -0.2) is 14.3 Å². The van der Waals surface area contributed by atoms with Crippen LogP contribution in [0.2, 0.25) is 5.02 Å². The summed E-state index contributed by atoms with van der Waals surface area (Å²) in [5.41, 5.74) is 3.61. The van der Waals surface area contributed by atoms with Gasteiger partial charge in [0.2, 0.25) is 0 Å². The molecular formula is C23H23ClN2O3S. The van der Waals surface area contributed by atoms with Crippen LogP contribution in [0.25, 0.3) is 0 Å². The summed E-state index contributed by atoms with van der Waals surface area (Å²) in [5, 5.41) is 2.92. The van der Waals surface area contributed by atoms with E-state index >= 15 is 0 Å². The van der Waals surface area contributed by atoms with Crippen molar-refractivity contribution in [2.45, 2.75) is 31.7 Å². The molecule has 0 radical (unpaired) electrons. The first-order chi connectivity index (χ1) is 14.2. The molecule has 0 unspecified atom stereocenters. The van der Waals surface area contributed by atoms with Crippen LogP contribution in [0.3, 0.4) is 0 Å². The molecule has 7 heteroatoms. The van der Waals surface area contributed by atoms with Crippen molar-refractivity contribution in [3.63, 3.8) is 0 Å². The molecule has 1 amide bonds. The summed E-state index contributed by atoms with van der Waals surface area (Å²) >= 11 is 6.16. The minimum Gasteiger partial charge on any atom is -0.346 e. The first kappa shape index (κ1) is 21.9. The quantitative estimate of drug-likeness (QED) is 0.547. The molecule has 0 saturated carbocycles. The highest BCUT2D eigenvalue weighted by molar-refractivity contribution is 7.92. The van der Waals surface area contributed by atoms with E-state index in [9.17, 15) is 13.2 Å². The molecule has 30 heavy (non-hydrogen) atoms. The maximum Gasteiger partial charge on any atom is 0.263 e. The maximum absolute atomic E-state index is 12.9. The Balaban J connectivity index is 1.84. The second-order valence-corrected chi connectivity index (χ2v) is 9.21.